The molecule has 1 fully saturated rings. The van der Waals surface area contributed by atoms with Crippen molar-refractivity contribution in [2.75, 3.05) is 6.61 Å². The topological polar surface area (TPSA) is 26.3 Å². The molecule has 0 N–H and O–H groups in total. The average molecular weight is 269 g/mol. The molecule has 2 nitrogen and oxygen atoms in total. The molecule has 1 aliphatic carbocycles. The van der Waals surface area contributed by atoms with Crippen LogP contribution in [0.4, 0.5) is 0 Å². The van der Waals surface area contributed by atoms with E-state index in [0.717, 1.165) is 10.9 Å². The first-order valence-electron chi connectivity index (χ1n) is 5.14. The maximum absolute atomic E-state index is 11.4. The molecule has 1 aromatic rings. The first-order chi connectivity index (χ1) is 7.22. The zero-order chi connectivity index (χ0) is 10.8. The van der Waals surface area contributed by atoms with Crippen LogP contribution in [0.15, 0.2) is 28.7 Å². The molecular weight excluding hydrogens is 256 g/mol. The zero-order valence-electron chi connectivity index (χ0n) is 8.57. The van der Waals surface area contributed by atoms with Gasteiger partial charge in [-0.2, -0.15) is 0 Å². The van der Waals surface area contributed by atoms with E-state index in [1.165, 1.54) is 5.56 Å². The Balaban J connectivity index is 2.01. The van der Waals surface area contributed by atoms with Crippen molar-refractivity contribution in [3.8, 4) is 0 Å². The van der Waals surface area contributed by atoms with Crippen LogP contribution in [0.25, 0.3) is 0 Å². The predicted molar refractivity (Wildman–Crippen MR) is 61.6 cm³/mol. The number of rotatable bonds is 3. The van der Waals surface area contributed by atoms with Crippen LogP contribution in [-0.4, -0.2) is 12.6 Å². The van der Waals surface area contributed by atoms with Gasteiger partial charge in [-0.15, -0.1) is 0 Å². The van der Waals surface area contributed by atoms with Gasteiger partial charge in [0.05, 0.1) is 12.5 Å². The highest BCUT2D eigenvalue weighted by atomic mass is 79.9. The van der Waals surface area contributed by atoms with Crippen molar-refractivity contribution in [3.63, 3.8) is 0 Å². The van der Waals surface area contributed by atoms with Crippen LogP contribution < -0.4 is 0 Å². The van der Waals surface area contributed by atoms with Gasteiger partial charge in [-0.25, -0.2) is 0 Å². The molecular formula is C12H13BrO2. The van der Waals surface area contributed by atoms with Gasteiger partial charge in [-0.3, -0.25) is 4.79 Å². The molecule has 0 bridgehead atoms. The Kier molecular flexibility index (Phi) is 3.10. The lowest BCUT2D eigenvalue weighted by molar-refractivity contribution is -0.144. The molecule has 2 atom stereocenters. The summed E-state index contributed by atoms with van der Waals surface area (Å²) in [6.07, 6.45) is 0.926. The Labute approximate surface area is 97.8 Å². The maximum Gasteiger partial charge on any atom is 0.309 e. The van der Waals surface area contributed by atoms with E-state index >= 15 is 0 Å². The minimum Gasteiger partial charge on any atom is -0.466 e. The first-order valence-corrected chi connectivity index (χ1v) is 5.93. The molecule has 0 heterocycles. The van der Waals surface area contributed by atoms with Gasteiger partial charge < -0.3 is 4.74 Å². The molecule has 1 saturated carbocycles. The van der Waals surface area contributed by atoms with E-state index in [1.54, 1.807) is 0 Å². The van der Waals surface area contributed by atoms with Crippen LogP contribution in [0.3, 0.4) is 0 Å². The van der Waals surface area contributed by atoms with Crippen LogP contribution in [0.5, 0.6) is 0 Å². The third-order valence-electron chi connectivity index (χ3n) is 2.66. The standard InChI is InChI=1S/C12H13BrO2/c1-2-15-12(14)11-7-10(11)8-4-3-5-9(13)6-8/h3-6,10-11H,2,7H2,1H3. The summed E-state index contributed by atoms with van der Waals surface area (Å²) in [5.74, 6) is 0.392. The summed E-state index contributed by atoms with van der Waals surface area (Å²) in [6.45, 7) is 2.31. The maximum atomic E-state index is 11.4. The number of esters is 1. The molecule has 80 valence electrons. The van der Waals surface area contributed by atoms with Crippen LogP contribution in [0.1, 0.15) is 24.8 Å². The van der Waals surface area contributed by atoms with Crippen LogP contribution in [0.2, 0.25) is 0 Å². The Bertz CT molecular complexity index is 376. The fourth-order valence-corrected chi connectivity index (χ4v) is 2.23. The molecule has 3 heteroatoms. The van der Waals surface area contributed by atoms with Crippen molar-refractivity contribution < 1.29 is 9.53 Å². The molecule has 0 aliphatic heterocycles. The molecule has 0 saturated heterocycles. The SMILES string of the molecule is CCOC(=O)C1CC1c1cccc(Br)c1. The fourth-order valence-electron chi connectivity index (χ4n) is 1.81. The Morgan fingerprint density at radius 1 is 1.60 bits per heavy atom. The third kappa shape index (κ3) is 2.40. The number of halogens is 1. The van der Waals surface area contributed by atoms with Crippen molar-refractivity contribution in [2.45, 2.75) is 19.3 Å². The van der Waals surface area contributed by atoms with Gasteiger partial charge in [0.1, 0.15) is 0 Å². The number of carbonyl (C=O) groups is 1. The minimum absolute atomic E-state index is 0.0533. The highest BCUT2D eigenvalue weighted by Crippen LogP contribution is 2.48. The number of hydrogen-bond acceptors (Lipinski definition) is 2. The van der Waals surface area contributed by atoms with Gasteiger partial charge in [0.2, 0.25) is 0 Å². The van der Waals surface area contributed by atoms with E-state index in [-0.39, 0.29) is 11.9 Å². The minimum atomic E-state index is -0.0533. The summed E-state index contributed by atoms with van der Waals surface area (Å²) in [6, 6.07) is 8.13. The van der Waals surface area contributed by atoms with Crippen molar-refractivity contribution >= 4 is 21.9 Å². The van der Waals surface area contributed by atoms with Gasteiger partial charge in [-0.05, 0) is 37.0 Å². The quantitative estimate of drug-likeness (QED) is 0.788. The van der Waals surface area contributed by atoms with Crippen molar-refractivity contribution in [3.05, 3.63) is 34.3 Å². The second-order valence-electron chi connectivity index (χ2n) is 3.76. The Morgan fingerprint density at radius 2 is 2.40 bits per heavy atom. The molecule has 0 radical (unpaired) electrons. The third-order valence-corrected chi connectivity index (χ3v) is 3.15. The Hall–Kier alpha value is -0.830. The van der Waals surface area contributed by atoms with Crippen LogP contribution >= 0.6 is 15.9 Å². The highest BCUT2D eigenvalue weighted by molar-refractivity contribution is 9.10. The average Bonchev–Trinajstić information content (AvgIpc) is 2.97. The zero-order valence-corrected chi connectivity index (χ0v) is 10.2. The number of hydrogen-bond donors (Lipinski definition) is 0. The summed E-state index contributed by atoms with van der Waals surface area (Å²) in [5.41, 5.74) is 1.22. The van der Waals surface area contributed by atoms with Crippen molar-refractivity contribution in [2.24, 2.45) is 5.92 Å². The molecule has 2 unspecified atom stereocenters. The smallest absolute Gasteiger partial charge is 0.309 e. The lowest BCUT2D eigenvalue weighted by Crippen LogP contribution is -2.07. The summed E-state index contributed by atoms with van der Waals surface area (Å²) in [5, 5.41) is 0. The summed E-state index contributed by atoms with van der Waals surface area (Å²) < 4.78 is 6.06. The number of carbonyl (C=O) groups excluding carboxylic acids is 1. The van der Waals surface area contributed by atoms with E-state index in [2.05, 4.69) is 28.1 Å². The van der Waals surface area contributed by atoms with Gasteiger partial charge in [0.15, 0.2) is 0 Å². The summed E-state index contributed by atoms with van der Waals surface area (Å²) in [7, 11) is 0. The largest absolute Gasteiger partial charge is 0.466 e. The lowest BCUT2D eigenvalue weighted by Gasteiger charge is -2.01. The molecule has 0 spiro atoms. The molecule has 15 heavy (non-hydrogen) atoms. The molecule has 0 amide bonds. The molecule has 1 aromatic carbocycles. The van der Waals surface area contributed by atoms with Crippen LogP contribution in [0, 0.1) is 5.92 Å². The second-order valence-corrected chi connectivity index (χ2v) is 4.67. The van der Waals surface area contributed by atoms with E-state index in [9.17, 15) is 4.79 Å². The van der Waals surface area contributed by atoms with Gasteiger partial charge in [-0.1, -0.05) is 28.1 Å². The molecule has 0 aromatic heterocycles. The Morgan fingerprint density at radius 3 is 3.07 bits per heavy atom. The van der Waals surface area contributed by atoms with Gasteiger partial charge in [0.25, 0.3) is 0 Å². The van der Waals surface area contributed by atoms with E-state index in [4.69, 9.17) is 4.74 Å². The number of ether oxygens (including phenoxy) is 1. The second kappa shape index (κ2) is 4.35. The van der Waals surface area contributed by atoms with Crippen molar-refractivity contribution in [1.29, 1.82) is 0 Å². The van der Waals surface area contributed by atoms with E-state index < -0.39 is 0 Å². The number of benzene rings is 1. The monoisotopic (exact) mass is 268 g/mol. The summed E-state index contributed by atoms with van der Waals surface area (Å²) in [4.78, 5) is 11.4. The van der Waals surface area contributed by atoms with Gasteiger partial charge >= 0.3 is 5.97 Å². The van der Waals surface area contributed by atoms with Crippen LogP contribution in [-0.2, 0) is 9.53 Å². The van der Waals surface area contributed by atoms with E-state index in [0.29, 0.717) is 12.5 Å². The molecule has 1 aliphatic rings. The fraction of sp³-hybridized carbons (Fsp3) is 0.417. The molecule has 2 rings (SSSR count). The van der Waals surface area contributed by atoms with Crippen molar-refractivity contribution in [1.82, 2.24) is 0 Å². The first kappa shape index (κ1) is 10.7. The predicted octanol–water partition coefficient (Wildman–Crippen LogP) is 3.12. The summed E-state index contributed by atoms with van der Waals surface area (Å²) >= 11 is 3.43. The normalized spacial score (nSPS) is 23.6. The van der Waals surface area contributed by atoms with E-state index in [1.807, 2.05) is 19.1 Å². The van der Waals surface area contributed by atoms with Gasteiger partial charge in [0, 0.05) is 4.47 Å². The lowest BCUT2D eigenvalue weighted by atomic mass is 10.1. The highest BCUT2D eigenvalue weighted by Gasteiger charge is 2.45.